The zero-order chi connectivity index (χ0) is 29.3. The Bertz CT molecular complexity index is 1020. The van der Waals surface area contributed by atoms with E-state index in [1.807, 2.05) is 0 Å². The van der Waals surface area contributed by atoms with Gasteiger partial charge in [0.2, 0.25) is 10.0 Å². The summed E-state index contributed by atoms with van der Waals surface area (Å²) in [6.07, 6.45) is -24.5. The van der Waals surface area contributed by atoms with Gasteiger partial charge in [-0.15, -0.1) is 0 Å². The summed E-state index contributed by atoms with van der Waals surface area (Å²) in [4.78, 5) is -1.43. The average molecular weight is 615 g/mol. The molecular weight excluding hydrogens is 603 g/mol. The Hall–Kier alpha value is -1.70. The third kappa shape index (κ3) is 7.04. The van der Waals surface area contributed by atoms with Crippen molar-refractivity contribution >= 4 is 17.6 Å². The molecule has 1 aromatic carbocycles. The number of halogens is 14. The van der Waals surface area contributed by atoms with Crippen LogP contribution in [0.15, 0.2) is 35.2 Å². The molecule has 1 aromatic rings. The van der Waals surface area contributed by atoms with E-state index in [2.05, 4.69) is 9.05 Å². The third-order valence-corrected chi connectivity index (χ3v) is 8.06. The first-order chi connectivity index (χ1) is 16.4. The van der Waals surface area contributed by atoms with Crippen LogP contribution in [0.2, 0.25) is 0 Å². The van der Waals surface area contributed by atoms with Gasteiger partial charge in [-0.25, -0.2) is 26.0 Å². The standard InChI is InChI=1S/C15H12F14NO5PS/c16-9(17)11(20,21)6-34-36(31,35-7-12(22,23)10(18)19)13(14(24,25)26,15(27,28)29)30-37(32,33)8-4-2-1-3-5-8/h1-5,9-10,30H,6-7H2. The Balaban J connectivity index is 3.95. The first-order valence-electron chi connectivity index (χ1n) is 8.80. The van der Waals surface area contributed by atoms with Crippen LogP contribution in [0, 0.1) is 0 Å². The molecule has 0 heterocycles. The molecule has 0 aromatic heterocycles. The number of nitrogens with one attached hydrogen (secondary N) is 1. The quantitative estimate of drug-likeness (QED) is 0.237. The first kappa shape index (κ1) is 33.3. The molecule has 0 amide bonds. The minimum atomic E-state index is -8.06. The molecule has 0 bridgehead atoms. The Kier molecular flexibility index (Phi) is 9.74. The lowest BCUT2D eigenvalue weighted by Gasteiger charge is -2.41. The van der Waals surface area contributed by atoms with Crippen LogP contribution in [0.25, 0.3) is 0 Å². The number of hydrogen-bond acceptors (Lipinski definition) is 5. The van der Waals surface area contributed by atoms with Gasteiger partial charge in [0.1, 0.15) is 13.2 Å². The molecule has 0 fully saturated rings. The minimum absolute atomic E-state index is 0.181. The number of sulfonamides is 1. The number of hydrogen-bond donors (Lipinski definition) is 1. The van der Waals surface area contributed by atoms with Crippen LogP contribution in [0.5, 0.6) is 0 Å². The number of rotatable bonds is 12. The molecule has 0 aliphatic rings. The van der Waals surface area contributed by atoms with Gasteiger partial charge < -0.3 is 9.05 Å². The molecule has 216 valence electrons. The highest BCUT2D eigenvalue weighted by Gasteiger charge is 2.84. The van der Waals surface area contributed by atoms with E-state index in [0.717, 1.165) is 18.2 Å². The fourth-order valence-corrected chi connectivity index (χ4v) is 6.02. The normalized spacial score (nSPS) is 15.0. The van der Waals surface area contributed by atoms with Gasteiger partial charge in [-0.3, -0.25) is 4.57 Å². The molecule has 0 spiro atoms. The summed E-state index contributed by atoms with van der Waals surface area (Å²) in [7, 11) is -14.3. The highest BCUT2D eigenvalue weighted by Crippen LogP contribution is 2.70. The van der Waals surface area contributed by atoms with E-state index in [1.54, 1.807) is 0 Å². The fourth-order valence-electron chi connectivity index (χ4n) is 2.19. The van der Waals surface area contributed by atoms with Gasteiger partial charge in [0.05, 0.1) is 4.90 Å². The predicted octanol–water partition coefficient (Wildman–Crippen LogP) is 5.81. The van der Waals surface area contributed by atoms with Crippen LogP contribution in [0.1, 0.15) is 0 Å². The largest absolute Gasteiger partial charge is 0.428 e. The molecule has 0 saturated carbocycles. The van der Waals surface area contributed by atoms with Crippen molar-refractivity contribution in [2.24, 2.45) is 0 Å². The van der Waals surface area contributed by atoms with E-state index >= 15 is 0 Å². The van der Waals surface area contributed by atoms with Crippen molar-refractivity contribution in [2.75, 3.05) is 13.2 Å². The van der Waals surface area contributed by atoms with Crippen molar-refractivity contribution in [1.29, 1.82) is 0 Å². The summed E-state index contributed by atoms with van der Waals surface area (Å²) in [5, 5.41) is -6.75. The maximum absolute atomic E-state index is 13.9. The lowest BCUT2D eigenvalue weighted by atomic mass is 10.3. The summed E-state index contributed by atoms with van der Waals surface area (Å²) in [5.74, 6) is -11.4. The molecule has 0 radical (unpaired) electrons. The molecular formula is C15H12F14NO5PS. The van der Waals surface area contributed by atoms with Gasteiger partial charge in [-0.1, -0.05) is 18.2 Å². The lowest BCUT2D eigenvalue weighted by molar-refractivity contribution is -0.279. The van der Waals surface area contributed by atoms with Crippen molar-refractivity contribution in [3.63, 3.8) is 0 Å². The Morgan fingerprint density at radius 1 is 0.730 bits per heavy atom. The first-order valence-corrected chi connectivity index (χ1v) is 11.8. The van der Waals surface area contributed by atoms with Crippen molar-refractivity contribution < 1.29 is 83.5 Å². The molecule has 0 aliphatic carbocycles. The van der Waals surface area contributed by atoms with Crippen molar-refractivity contribution in [3.05, 3.63) is 30.3 Å². The maximum atomic E-state index is 13.9. The molecule has 0 aliphatic heterocycles. The zero-order valence-electron chi connectivity index (χ0n) is 17.1. The molecule has 6 nitrogen and oxygen atoms in total. The summed E-state index contributed by atoms with van der Waals surface area (Å²) in [6, 6.07) is 3.23. The number of alkyl halides is 14. The fraction of sp³-hybridized carbons (Fsp3) is 0.600. The van der Waals surface area contributed by atoms with E-state index in [4.69, 9.17) is 0 Å². The lowest BCUT2D eigenvalue weighted by Crippen LogP contribution is -2.67. The molecule has 0 saturated heterocycles. The topological polar surface area (TPSA) is 81.7 Å². The summed E-state index contributed by atoms with van der Waals surface area (Å²) >= 11 is 0. The van der Waals surface area contributed by atoms with E-state index in [-0.39, 0.29) is 4.72 Å². The van der Waals surface area contributed by atoms with Gasteiger partial charge >= 0.3 is 49.9 Å². The van der Waals surface area contributed by atoms with Crippen LogP contribution in [0.4, 0.5) is 61.5 Å². The monoisotopic (exact) mass is 615 g/mol. The van der Waals surface area contributed by atoms with Gasteiger partial charge in [0, 0.05) is 0 Å². The molecule has 1 rings (SSSR count). The average Bonchev–Trinajstić information content (AvgIpc) is 2.73. The summed E-state index contributed by atoms with van der Waals surface area (Å²) < 4.78 is 230. The predicted molar refractivity (Wildman–Crippen MR) is 93.0 cm³/mol. The van der Waals surface area contributed by atoms with Crippen molar-refractivity contribution in [2.45, 2.75) is 47.2 Å². The van der Waals surface area contributed by atoms with E-state index in [0.29, 0.717) is 12.1 Å². The SMILES string of the molecule is O=P(OCC(F)(F)C(F)F)(OCC(F)(F)C(F)F)C(NS(=O)(=O)c1ccccc1)(C(F)(F)F)C(F)(F)F. The molecule has 37 heavy (non-hydrogen) atoms. The van der Waals surface area contributed by atoms with Crippen LogP contribution in [-0.4, -0.2) is 64.0 Å². The second kappa shape index (κ2) is 10.8. The molecule has 0 atom stereocenters. The van der Waals surface area contributed by atoms with Crippen LogP contribution < -0.4 is 4.72 Å². The molecule has 22 heteroatoms. The maximum Gasteiger partial charge on any atom is 0.428 e. The van der Waals surface area contributed by atoms with Gasteiger partial charge in [-0.2, -0.15) is 48.6 Å². The summed E-state index contributed by atoms with van der Waals surface area (Å²) in [6.45, 7) is -6.72. The summed E-state index contributed by atoms with van der Waals surface area (Å²) in [5.41, 5.74) is 0. The van der Waals surface area contributed by atoms with Crippen LogP contribution in [-0.2, 0) is 23.6 Å². The highest BCUT2D eigenvalue weighted by atomic mass is 32.2. The van der Waals surface area contributed by atoms with E-state index in [1.165, 1.54) is 0 Å². The van der Waals surface area contributed by atoms with Crippen LogP contribution >= 0.6 is 7.60 Å². The van der Waals surface area contributed by atoms with Crippen molar-refractivity contribution in [3.8, 4) is 0 Å². The Morgan fingerprint density at radius 2 is 1.08 bits per heavy atom. The smallest absolute Gasteiger partial charge is 0.300 e. The van der Waals surface area contributed by atoms with Gasteiger partial charge in [-0.05, 0) is 12.1 Å². The Labute approximate surface area is 197 Å². The molecule has 1 N–H and O–H groups in total. The van der Waals surface area contributed by atoms with E-state index < -0.39 is 78.1 Å². The minimum Gasteiger partial charge on any atom is -0.300 e. The van der Waals surface area contributed by atoms with Crippen molar-refractivity contribution in [1.82, 2.24) is 4.72 Å². The Morgan fingerprint density at radius 3 is 1.38 bits per heavy atom. The highest BCUT2D eigenvalue weighted by molar-refractivity contribution is 7.90. The van der Waals surface area contributed by atoms with Crippen LogP contribution in [0.3, 0.4) is 0 Å². The molecule has 0 unspecified atom stereocenters. The van der Waals surface area contributed by atoms with Gasteiger partial charge in [0.15, 0.2) is 0 Å². The zero-order valence-corrected chi connectivity index (χ0v) is 18.9. The second-order valence-electron chi connectivity index (χ2n) is 6.79. The number of benzene rings is 1. The van der Waals surface area contributed by atoms with E-state index in [9.17, 15) is 74.4 Å². The van der Waals surface area contributed by atoms with Gasteiger partial charge in [0.25, 0.3) is 0 Å². The second-order valence-corrected chi connectivity index (χ2v) is 10.7. The third-order valence-electron chi connectivity index (χ3n) is 4.06.